The van der Waals surface area contributed by atoms with Gasteiger partial charge in [-0.25, -0.2) is 13.2 Å². The van der Waals surface area contributed by atoms with Crippen LogP contribution in [0.2, 0.25) is 0 Å². The molecule has 3 amide bonds. The van der Waals surface area contributed by atoms with E-state index in [1.54, 1.807) is 12.1 Å². The average molecular weight is 506 g/mol. The Kier molecular flexibility index (Phi) is 6.90. The third kappa shape index (κ3) is 4.85. The second-order valence-electron chi connectivity index (χ2n) is 11.2. The normalized spacial score (nSPS) is 34.1. The monoisotopic (exact) mass is 505 g/mol. The molecular formula is C26H39N3O5S. The Morgan fingerprint density at radius 1 is 0.971 bits per heavy atom. The maximum Gasteiger partial charge on any atom is 0.320 e. The molecule has 9 heteroatoms. The summed E-state index contributed by atoms with van der Waals surface area (Å²) in [4.78, 5) is 33.1. The van der Waals surface area contributed by atoms with E-state index in [2.05, 4.69) is 11.8 Å². The molecule has 2 saturated heterocycles. The molecule has 0 bridgehead atoms. The van der Waals surface area contributed by atoms with Crippen molar-refractivity contribution in [2.75, 3.05) is 25.9 Å². The quantitative estimate of drug-likeness (QED) is 0.624. The number of hydrogen-bond donors (Lipinski definition) is 0. The highest BCUT2D eigenvalue weighted by Gasteiger charge is 2.49. The molecule has 5 rings (SSSR count). The largest absolute Gasteiger partial charge is 0.459 e. The number of sulfone groups is 1. The lowest BCUT2D eigenvalue weighted by Crippen LogP contribution is -2.68. The summed E-state index contributed by atoms with van der Waals surface area (Å²) >= 11 is 0. The number of furan rings is 1. The molecule has 194 valence electrons. The molecule has 35 heavy (non-hydrogen) atoms. The molecule has 3 unspecified atom stereocenters. The molecule has 4 fully saturated rings. The van der Waals surface area contributed by atoms with E-state index in [1.807, 2.05) is 9.80 Å². The number of piperazine rings is 1. The molecule has 2 aliphatic heterocycles. The molecule has 3 heterocycles. The van der Waals surface area contributed by atoms with Crippen LogP contribution in [0.15, 0.2) is 22.8 Å². The van der Waals surface area contributed by atoms with Gasteiger partial charge in [0.15, 0.2) is 5.76 Å². The number of nitrogens with zero attached hydrogens (tertiary/aromatic N) is 3. The van der Waals surface area contributed by atoms with Gasteiger partial charge in [0, 0.05) is 31.9 Å². The lowest BCUT2D eigenvalue weighted by Gasteiger charge is -2.55. The highest BCUT2D eigenvalue weighted by atomic mass is 32.2. The molecule has 4 atom stereocenters. The number of carbonyl (C=O) groups is 2. The standard InChI is InChI=1S/C26H39N3O5S/c1-18-17-28(25(30)24-6-5-15-34-24)23-16-20(19-7-10-21(11-8-19)35(2,32)33)9-12-22(23)29(18)26(31)27-13-3-4-14-27/h5-6,15,18-23H,3-4,7-14,16-17H2,1-2H3/t18-,19?,20?,21?,22?,23?/m0/s1. The van der Waals surface area contributed by atoms with Gasteiger partial charge in [0.05, 0.1) is 23.6 Å². The van der Waals surface area contributed by atoms with Crippen molar-refractivity contribution in [3.63, 3.8) is 0 Å². The predicted molar refractivity (Wildman–Crippen MR) is 133 cm³/mol. The van der Waals surface area contributed by atoms with E-state index < -0.39 is 9.84 Å². The number of hydrogen-bond acceptors (Lipinski definition) is 5. The summed E-state index contributed by atoms with van der Waals surface area (Å²) in [6.45, 7) is 4.21. The fourth-order valence-electron chi connectivity index (χ4n) is 7.25. The molecule has 2 saturated carbocycles. The van der Waals surface area contributed by atoms with E-state index >= 15 is 0 Å². The second kappa shape index (κ2) is 9.79. The summed E-state index contributed by atoms with van der Waals surface area (Å²) in [7, 11) is -2.99. The smallest absolute Gasteiger partial charge is 0.320 e. The van der Waals surface area contributed by atoms with Gasteiger partial charge in [-0.05, 0) is 88.7 Å². The fourth-order valence-corrected chi connectivity index (χ4v) is 8.38. The Labute approximate surface area is 208 Å². The van der Waals surface area contributed by atoms with Crippen molar-refractivity contribution >= 4 is 21.8 Å². The minimum atomic E-state index is -2.99. The molecule has 2 aliphatic carbocycles. The van der Waals surface area contributed by atoms with Gasteiger partial charge in [-0.3, -0.25) is 4.79 Å². The molecule has 8 nitrogen and oxygen atoms in total. The lowest BCUT2D eigenvalue weighted by atomic mass is 9.69. The van der Waals surface area contributed by atoms with E-state index in [-0.39, 0.29) is 35.3 Å². The summed E-state index contributed by atoms with van der Waals surface area (Å²) in [5.41, 5.74) is 0. The van der Waals surface area contributed by atoms with Crippen LogP contribution in [-0.4, -0.2) is 84.3 Å². The zero-order chi connectivity index (χ0) is 24.7. The van der Waals surface area contributed by atoms with Crippen molar-refractivity contribution in [3.05, 3.63) is 24.2 Å². The van der Waals surface area contributed by atoms with Gasteiger partial charge in [0.1, 0.15) is 9.84 Å². The van der Waals surface area contributed by atoms with E-state index in [0.717, 1.165) is 70.9 Å². The van der Waals surface area contributed by atoms with Crippen LogP contribution in [0.3, 0.4) is 0 Å². The highest BCUT2D eigenvalue weighted by Crippen LogP contribution is 2.44. The Hall–Kier alpha value is -2.03. The van der Waals surface area contributed by atoms with Crippen molar-refractivity contribution in [2.45, 2.75) is 88.1 Å². The van der Waals surface area contributed by atoms with Gasteiger partial charge < -0.3 is 19.1 Å². The molecule has 0 aromatic carbocycles. The average Bonchev–Trinajstić information content (AvgIpc) is 3.57. The minimum absolute atomic E-state index is 0.00868. The molecule has 1 aromatic heterocycles. The fraction of sp³-hybridized carbons (Fsp3) is 0.769. The summed E-state index contributed by atoms with van der Waals surface area (Å²) in [6, 6.07) is 3.50. The van der Waals surface area contributed by atoms with Gasteiger partial charge >= 0.3 is 6.03 Å². The van der Waals surface area contributed by atoms with Crippen molar-refractivity contribution in [1.29, 1.82) is 0 Å². The molecule has 0 spiro atoms. The summed E-state index contributed by atoms with van der Waals surface area (Å²) in [6.07, 6.45) is 11.1. The maximum absolute atomic E-state index is 13.6. The topological polar surface area (TPSA) is 91.1 Å². The number of carbonyl (C=O) groups excluding carboxylic acids is 2. The van der Waals surface area contributed by atoms with Crippen LogP contribution in [0.1, 0.15) is 75.3 Å². The number of rotatable bonds is 3. The van der Waals surface area contributed by atoms with E-state index in [0.29, 0.717) is 24.1 Å². The van der Waals surface area contributed by atoms with Gasteiger partial charge in [-0.15, -0.1) is 0 Å². The first kappa shape index (κ1) is 24.7. The summed E-state index contributed by atoms with van der Waals surface area (Å²) < 4.78 is 29.5. The predicted octanol–water partition coefficient (Wildman–Crippen LogP) is 3.78. The molecule has 1 aromatic rings. The molecular weight excluding hydrogens is 466 g/mol. The van der Waals surface area contributed by atoms with Crippen LogP contribution < -0.4 is 0 Å². The van der Waals surface area contributed by atoms with Crippen LogP contribution in [0.4, 0.5) is 4.79 Å². The number of fused-ring (bicyclic) bond motifs is 1. The summed E-state index contributed by atoms with van der Waals surface area (Å²) in [5.74, 6) is 1.19. The van der Waals surface area contributed by atoms with Crippen LogP contribution in [0, 0.1) is 11.8 Å². The van der Waals surface area contributed by atoms with E-state index in [1.165, 1.54) is 12.5 Å². The lowest BCUT2D eigenvalue weighted by molar-refractivity contribution is -0.0300. The van der Waals surface area contributed by atoms with Crippen LogP contribution in [0.5, 0.6) is 0 Å². The Morgan fingerprint density at radius 2 is 1.66 bits per heavy atom. The number of amides is 3. The maximum atomic E-state index is 13.6. The number of urea groups is 1. The van der Waals surface area contributed by atoms with E-state index in [9.17, 15) is 18.0 Å². The first-order valence-electron chi connectivity index (χ1n) is 13.3. The molecule has 0 radical (unpaired) electrons. The third-order valence-corrected chi connectivity index (χ3v) is 10.8. The number of likely N-dealkylation sites (tertiary alicyclic amines) is 1. The Balaban J connectivity index is 1.36. The molecule has 0 N–H and O–H groups in total. The van der Waals surface area contributed by atoms with Gasteiger partial charge in [-0.1, -0.05) is 0 Å². The first-order valence-corrected chi connectivity index (χ1v) is 15.3. The van der Waals surface area contributed by atoms with Crippen LogP contribution in [-0.2, 0) is 9.84 Å². The van der Waals surface area contributed by atoms with Crippen molar-refractivity contribution < 1.29 is 22.4 Å². The van der Waals surface area contributed by atoms with Crippen LogP contribution in [0.25, 0.3) is 0 Å². The van der Waals surface area contributed by atoms with Crippen molar-refractivity contribution in [3.8, 4) is 0 Å². The second-order valence-corrected chi connectivity index (χ2v) is 13.6. The highest BCUT2D eigenvalue weighted by molar-refractivity contribution is 7.91. The summed E-state index contributed by atoms with van der Waals surface area (Å²) in [5, 5.41) is -0.212. The third-order valence-electron chi connectivity index (χ3n) is 9.10. The van der Waals surface area contributed by atoms with Crippen LogP contribution >= 0.6 is 0 Å². The zero-order valence-corrected chi connectivity index (χ0v) is 21.8. The Morgan fingerprint density at radius 3 is 2.29 bits per heavy atom. The first-order chi connectivity index (χ1) is 16.7. The van der Waals surface area contributed by atoms with Crippen molar-refractivity contribution in [2.24, 2.45) is 11.8 Å². The Bertz CT molecular complexity index is 1010. The minimum Gasteiger partial charge on any atom is -0.459 e. The van der Waals surface area contributed by atoms with Gasteiger partial charge in [0.2, 0.25) is 0 Å². The zero-order valence-electron chi connectivity index (χ0n) is 21.0. The van der Waals surface area contributed by atoms with E-state index in [4.69, 9.17) is 4.42 Å². The molecule has 4 aliphatic rings. The van der Waals surface area contributed by atoms with Crippen molar-refractivity contribution in [1.82, 2.24) is 14.7 Å². The SMILES string of the molecule is C[C@H]1CN(C(=O)c2ccco2)C2CC(C3CCC(S(C)(=O)=O)CC3)CCC2N1C(=O)N1CCCC1. The van der Waals surface area contributed by atoms with Gasteiger partial charge in [0.25, 0.3) is 5.91 Å². The van der Waals surface area contributed by atoms with Gasteiger partial charge in [-0.2, -0.15) is 0 Å².